The lowest BCUT2D eigenvalue weighted by Crippen LogP contribution is -2.50. The molecule has 4 atom stereocenters. The first-order valence-electron chi connectivity index (χ1n) is 15.3. The maximum absolute atomic E-state index is 15.2. The van der Waals surface area contributed by atoms with E-state index in [4.69, 9.17) is 19.9 Å². The van der Waals surface area contributed by atoms with E-state index in [0.29, 0.717) is 43.9 Å². The van der Waals surface area contributed by atoms with Crippen LogP contribution in [-0.4, -0.2) is 74.2 Å². The molecule has 2 aromatic carbocycles. The number of alkyl carbamates (subject to hydrolysis) is 1. The van der Waals surface area contributed by atoms with E-state index in [0.717, 1.165) is 19.0 Å². The number of carbonyl (C=O) groups is 2. The smallest absolute Gasteiger partial charge is 0.407 e. The van der Waals surface area contributed by atoms with Gasteiger partial charge in [-0.2, -0.15) is 0 Å². The van der Waals surface area contributed by atoms with Crippen molar-refractivity contribution in [1.29, 1.82) is 0 Å². The number of amides is 2. The Morgan fingerprint density at radius 2 is 1.72 bits per heavy atom. The molecule has 2 saturated heterocycles. The molecule has 0 bridgehead atoms. The van der Waals surface area contributed by atoms with Gasteiger partial charge in [0, 0.05) is 24.6 Å². The van der Waals surface area contributed by atoms with E-state index in [1.807, 2.05) is 0 Å². The molecule has 2 amide bonds. The van der Waals surface area contributed by atoms with Gasteiger partial charge in [-0.1, -0.05) is 24.3 Å². The molecule has 0 radical (unpaired) electrons. The van der Waals surface area contributed by atoms with Crippen molar-refractivity contribution in [3.63, 3.8) is 0 Å². The second kappa shape index (κ2) is 15.9. The molecule has 2 fully saturated rings. The van der Waals surface area contributed by atoms with Gasteiger partial charge in [-0.15, -0.1) is 0 Å². The first kappa shape index (κ1) is 33.2. The van der Waals surface area contributed by atoms with Crippen LogP contribution in [0.25, 0.3) is 0 Å². The number of carbonyl (C=O) groups excluding carboxylic acids is 2. The third kappa shape index (κ3) is 8.95. The first-order chi connectivity index (χ1) is 22.3. The van der Waals surface area contributed by atoms with Crippen LogP contribution in [0.4, 0.5) is 23.7 Å². The van der Waals surface area contributed by atoms with Gasteiger partial charge in [0.25, 0.3) is 0 Å². The number of rotatable bonds is 12. The molecule has 46 heavy (non-hydrogen) atoms. The number of anilines is 1. The number of morpholine rings is 1. The third-order valence-electron chi connectivity index (χ3n) is 8.20. The number of hydrogen-bond acceptors (Lipinski definition) is 8. The molecule has 5 rings (SSSR count). The number of halogens is 3. The Morgan fingerprint density at radius 1 is 1.02 bits per heavy atom. The van der Waals surface area contributed by atoms with E-state index >= 15 is 4.39 Å². The summed E-state index contributed by atoms with van der Waals surface area (Å²) in [5.74, 6) is -3.00. The summed E-state index contributed by atoms with van der Waals surface area (Å²) >= 11 is 0. The molecule has 0 aliphatic carbocycles. The van der Waals surface area contributed by atoms with Crippen molar-refractivity contribution in [2.75, 3.05) is 38.3 Å². The maximum atomic E-state index is 15.2. The van der Waals surface area contributed by atoms with Crippen molar-refractivity contribution in [2.45, 2.75) is 55.8 Å². The Morgan fingerprint density at radius 3 is 2.30 bits per heavy atom. The third-order valence-corrected chi connectivity index (χ3v) is 8.20. The van der Waals surface area contributed by atoms with Crippen LogP contribution < -0.4 is 21.7 Å². The molecular weight excluding hydrogens is 603 g/mol. The summed E-state index contributed by atoms with van der Waals surface area (Å²) in [4.78, 5) is 29.0. The lowest BCUT2D eigenvalue weighted by Gasteiger charge is -2.31. The molecule has 2 aliphatic rings. The average Bonchev–Trinajstić information content (AvgIpc) is 3.05. The number of hydrogen-bond donors (Lipinski definition) is 4. The van der Waals surface area contributed by atoms with Gasteiger partial charge < -0.3 is 35.9 Å². The van der Waals surface area contributed by atoms with E-state index in [1.165, 1.54) is 54.7 Å². The number of nitrogens with zero attached hydrogens (tertiary/aromatic N) is 1. The zero-order valence-corrected chi connectivity index (χ0v) is 25.2. The number of primary amides is 1. The molecule has 246 valence electrons. The fraction of sp³-hybridized carbons (Fsp3) is 0.424. The van der Waals surface area contributed by atoms with Crippen molar-refractivity contribution >= 4 is 17.7 Å². The SMILES string of the molecule is NC(=O)[C@@H](Nc1cncc(F)c1CC[C@@H]1CN[C@H](COC(=O)NC2CCCOC2)CO1)C(c1ccc(F)cc1)c1ccc(F)cc1. The summed E-state index contributed by atoms with van der Waals surface area (Å²) in [6.45, 7) is 2.07. The molecule has 13 heteroatoms. The van der Waals surface area contributed by atoms with Crippen LogP contribution in [0.1, 0.15) is 41.9 Å². The largest absolute Gasteiger partial charge is 0.448 e. The Balaban J connectivity index is 1.21. The number of ether oxygens (including phenoxy) is 3. The van der Waals surface area contributed by atoms with Crippen molar-refractivity contribution < 1.29 is 37.0 Å². The highest BCUT2D eigenvalue weighted by atomic mass is 19.1. The lowest BCUT2D eigenvalue weighted by atomic mass is 9.84. The van der Waals surface area contributed by atoms with Gasteiger partial charge in [0.1, 0.15) is 30.1 Å². The molecule has 3 aromatic rings. The monoisotopic (exact) mass is 641 g/mol. The normalized spacial score (nSPS) is 20.6. The van der Waals surface area contributed by atoms with Crippen LogP contribution >= 0.6 is 0 Å². The Labute approximate surface area is 265 Å². The summed E-state index contributed by atoms with van der Waals surface area (Å²) in [5, 5.41) is 9.20. The number of nitrogens with one attached hydrogen (secondary N) is 3. The van der Waals surface area contributed by atoms with Gasteiger partial charge in [0.2, 0.25) is 5.91 Å². The molecule has 3 heterocycles. The van der Waals surface area contributed by atoms with Crippen LogP contribution in [0.15, 0.2) is 60.9 Å². The van der Waals surface area contributed by atoms with E-state index in [2.05, 4.69) is 20.9 Å². The van der Waals surface area contributed by atoms with Crippen LogP contribution in [0, 0.1) is 17.5 Å². The Bertz CT molecular complexity index is 1400. The lowest BCUT2D eigenvalue weighted by molar-refractivity contribution is -0.119. The van der Waals surface area contributed by atoms with E-state index in [1.54, 1.807) is 0 Å². The second-order valence-corrected chi connectivity index (χ2v) is 11.5. The average molecular weight is 642 g/mol. The zero-order valence-electron chi connectivity index (χ0n) is 25.2. The van der Waals surface area contributed by atoms with Gasteiger partial charge in [0.05, 0.1) is 49.5 Å². The molecule has 2 aliphatic heterocycles. The molecule has 0 saturated carbocycles. The van der Waals surface area contributed by atoms with Crippen LogP contribution in [0.2, 0.25) is 0 Å². The zero-order chi connectivity index (χ0) is 32.5. The number of pyridine rings is 1. The van der Waals surface area contributed by atoms with Crippen LogP contribution in [0.5, 0.6) is 0 Å². The van der Waals surface area contributed by atoms with E-state index in [9.17, 15) is 18.4 Å². The summed E-state index contributed by atoms with van der Waals surface area (Å²) in [6, 6.07) is 9.77. The van der Waals surface area contributed by atoms with E-state index < -0.39 is 41.4 Å². The highest BCUT2D eigenvalue weighted by Crippen LogP contribution is 2.32. The van der Waals surface area contributed by atoms with Gasteiger partial charge >= 0.3 is 6.09 Å². The minimum Gasteiger partial charge on any atom is -0.448 e. The fourth-order valence-electron chi connectivity index (χ4n) is 5.75. The topological polar surface area (TPSA) is 137 Å². The standard InChI is InChI=1S/C33H38F3N5O5/c34-22-7-3-20(4-8-22)30(21-5-9-23(35)10-6-21)31(32(37)42)41-29-16-38-15-28(36)27(29)12-11-26-14-39-25(18-45-26)19-46-33(43)40-24-2-1-13-44-17-24/h3-10,15-16,24-26,30-31,39,41H,1-2,11-14,17-19H2,(H2,37,42)(H,40,43)/t24?,25-,26+,31-/m0/s1. The Hall–Kier alpha value is -4.20. The molecular formula is C33H38F3N5O5. The van der Waals surface area contributed by atoms with Gasteiger partial charge in [-0.05, 0) is 61.1 Å². The van der Waals surface area contributed by atoms with Gasteiger partial charge in [0.15, 0.2) is 0 Å². The highest BCUT2D eigenvalue weighted by Gasteiger charge is 2.31. The molecule has 1 aromatic heterocycles. The molecule has 1 unspecified atom stereocenters. The van der Waals surface area contributed by atoms with Gasteiger partial charge in [-0.3, -0.25) is 9.78 Å². The first-order valence-corrected chi connectivity index (χ1v) is 15.3. The van der Waals surface area contributed by atoms with Crippen molar-refractivity contribution in [3.8, 4) is 0 Å². The summed E-state index contributed by atoms with van der Waals surface area (Å²) in [7, 11) is 0. The predicted molar refractivity (Wildman–Crippen MR) is 164 cm³/mol. The van der Waals surface area contributed by atoms with Gasteiger partial charge in [-0.25, -0.2) is 18.0 Å². The predicted octanol–water partition coefficient (Wildman–Crippen LogP) is 3.79. The number of nitrogens with two attached hydrogens (primary N) is 1. The maximum Gasteiger partial charge on any atom is 0.407 e. The minimum absolute atomic E-state index is 0.0517. The summed E-state index contributed by atoms with van der Waals surface area (Å²) in [6.07, 6.45) is 4.20. The summed E-state index contributed by atoms with van der Waals surface area (Å²) < 4.78 is 59.4. The Kier molecular flexibility index (Phi) is 11.4. The number of aromatic nitrogens is 1. The quantitative estimate of drug-likeness (QED) is 0.235. The molecule has 10 nitrogen and oxygen atoms in total. The van der Waals surface area contributed by atoms with Crippen LogP contribution in [-0.2, 0) is 25.4 Å². The highest BCUT2D eigenvalue weighted by molar-refractivity contribution is 5.85. The van der Waals surface area contributed by atoms with Crippen molar-refractivity contribution in [1.82, 2.24) is 15.6 Å². The summed E-state index contributed by atoms with van der Waals surface area (Å²) in [5.41, 5.74) is 7.53. The number of benzene rings is 2. The molecule has 0 spiro atoms. The van der Waals surface area contributed by atoms with E-state index in [-0.39, 0.29) is 42.5 Å². The molecule has 5 N–H and O–H groups in total. The van der Waals surface area contributed by atoms with Crippen molar-refractivity contribution in [2.24, 2.45) is 5.73 Å². The second-order valence-electron chi connectivity index (χ2n) is 11.5. The minimum atomic E-state index is -1.12. The van der Waals surface area contributed by atoms with Crippen molar-refractivity contribution in [3.05, 3.63) is 95.1 Å². The van der Waals surface area contributed by atoms with Crippen LogP contribution in [0.3, 0.4) is 0 Å². The fourth-order valence-corrected chi connectivity index (χ4v) is 5.75.